The number of piperidine rings is 1. The van der Waals surface area contributed by atoms with E-state index in [1.165, 1.54) is 19.3 Å². The number of nitrogens with zero attached hydrogens (tertiary/aromatic N) is 3. The summed E-state index contributed by atoms with van der Waals surface area (Å²) < 4.78 is 1.98. The van der Waals surface area contributed by atoms with Gasteiger partial charge in [0.1, 0.15) is 5.82 Å². The summed E-state index contributed by atoms with van der Waals surface area (Å²) in [7, 11) is 0. The van der Waals surface area contributed by atoms with Crippen LogP contribution in [0.25, 0.3) is 0 Å². The van der Waals surface area contributed by atoms with Crippen molar-refractivity contribution in [3.63, 3.8) is 0 Å². The van der Waals surface area contributed by atoms with Crippen LogP contribution in [-0.2, 0) is 4.79 Å². The number of anilines is 1. The molecule has 128 valence electrons. The minimum absolute atomic E-state index is 0.0228. The van der Waals surface area contributed by atoms with E-state index in [-0.39, 0.29) is 12.5 Å². The summed E-state index contributed by atoms with van der Waals surface area (Å²) >= 11 is 0. The van der Waals surface area contributed by atoms with Crippen LogP contribution in [0.1, 0.15) is 57.4 Å². The number of carbonyl (C=O) groups excluding carboxylic acids is 1. The molecule has 1 aliphatic heterocycles. The number of aliphatic hydroxyl groups is 1. The molecule has 1 unspecified atom stereocenters. The first-order chi connectivity index (χ1) is 11.3. The highest BCUT2D eigenvalue weighted by Crippen LogP contribution is 2.31. The lowest BCUT2D eigenvalue weighted by Gasteiger charge is -2.34. The van der Waals surface area contributed by atoms with Gasteiger partial charge in [-0.3, -0.25) is 9.69 Å². The molecular weight excluding hydrogens is 292 g/mol. The van der Waals surface area contributed by atoms with Crippen LogP contribution >= 0.6 is 0 Å². The molecule has 1 saturated carbocycles. The van der Waals surface area contributed by atoms with Crippen molar-refractivity contribution >= 4 is 11.7 Å². The molecule has 2 fully saturated rings. The second-order valence-corrected chi connectivity index (χ2v) is 6.78. The molecule has 3 rings (SSSR count). The molecule has 23 heavy (non-hydrogen) atoms. The number of nitrogens with one attached hydrogen (secondary N) is 1. The van der Waals surface area contributed by atoms with Crippen LogP contribution in [0, 0.1) is 0 Å². The van der Waals surface area contributed by atoms with Gasteiger partial charge < -0.3 is 10.4 Å². The predicted molar refractivity (Wildman–Crippen MR) is 89.3 cm³/mol. The largest absolute Gasteiger partial charge is 0.396 e. The number of aliphatic hydroxyl groups excluding tert-OH is 1. The standard InChI is InChI=1S/C17H28N4O2/c22-12-9-14-5-3-4-11-20(14)13-17(23)19-16-8-10-18-21(16)15-6-1-2-7-15/h8,10,14-15,22H,1-7,9,11-13H2,(H,19,23). The molecular formula is C17H28N4O2. The van der Waals surface area contributed by atoms with Gasteiger partial charge in [0.05, 0.1) is 18.8 Å². The number of hydrogen-bond acceptors (Lipinski definition) is 4. The average molecular weight is 320 g/mol. The third-order valence-corrected chi connectivity index (χ3v) is 5.17. The number of hydrogen-bond donors (Lipinski definition) is 2. The summed E-state index contributed by atoms with van der Waals surface area (Å²) in [6.07, 6.45) is 10.7. The maximum absolute atomic E-state index is 12.4. The van der Waals surface area contributed by atoms with Gasteiger partial charge in [0.15, 0.2) is 0 Å². The van der Waals surface area contributed by atoms with Crippen LogP contribution in [0.15, 0.2) is 12.3 Å². The van der Waals surface area contributed by atoms with Crippen molar-refractivity contribution in [2.45, 2.75) is 63.5 Å². The number of amides is 1. The van der Waals surface area contributed by atoms with Gasteiger partial charge in [-0.2, -0.15) is 5.10 Å². The summed E-state index contributed by atoms with van der Waals surface area (Å²) in [6, 6.07) is 2.65. The minimum Gasteiger partial charge on any atom is -0.396 e. The fraction of sp³-hybridized carbons (Fsp3) is 0.765. The van der Waals surface area contributed by atoms with Crippen molar-refractivity contribution in [1.82, 2.24) is 14.7 Å². The van der Waals surface area contributed by atoms with Gasteiger partial charge in [0.25, 0.3) is 0 Å². The highest BCUT2D eigenvalue weighted by molar-refractivity contribution is 5.91. The van der Waals surface area contributed by atoms with Crippen molar-refractivity contribution in [2.75, 3.05) is 25.0 Å². The quantitative estimate of drug-likeness (QED) is 0.843. The second kappa shape index (κ2) is 7.93. The Bertz CT molecular complexity index is 508. The normalized spacial score (nSPS) is 23.3. The summed E-state index contributed by atoms with van der Waals surface area (Å²) in [5.74, 6) is 0.840. The molecule has 1 aromatic heterocycles. The number of likely N-dealkylation sites (tertiary alicyclic amines) is 1. The molecule has 2 heterocycles. The van der Waals surface area contributed by atoms with Crippen molar-refractivity contribution in [2.24, 2.45) is 0 Å². The van der Waals surface area contributed by atoms with Crippen LogP contribution in [-0.4, -0.2) is 51.4 Å². The fourth-order valence-corrected chi connectivity index (χ4v) is 3.96. The van der Waals surface area contributed by atoms with E-state index in [0.717, 1.165) is 44.5 Å². The van der Waals surface area contributed by atoms with E-state index in [9.17, 15) is 9.90 Å². The lowest BCUT2D eigenvalue weighted by molar-refractivity contribution is -0.118. The Balaban J connectivity index is 1.57. The number of carbonyl (C=O) groups is 1. The Morgan fingerprint density at radius 3 is 2.83 bits per heavy atom. The van der Waals surface area contributed by atoms with Crippen molar-refractivity contribution in [1.29, 1.82) is 0 Å². The molecule has 1 saturated heterocycles. The fourth-order valence-electron chi connectivity index (χ4n) is 3.96. The molecule has 6 nitrogen and oxygen atoms in total. The van der Waals surface area contributed by atoms with Crippen LogP contribution in [0.3, 0.4) is 0 Å². The van der Waals surface area contributed by atoms with Crippen LogP contribution in [0.2, 0.25) is 0 Å². The predicted octanol–water partition coefficient (Wildman–Crippen LogP) is 2.17. The lowest BCUT2D eigenvalue weighted by Crippen LogP contribution is -2.44. The Hall–Kier alpha value is -1.40. The van der Waals surface area contributed by atoms with Crippen molar-refractivity contribution in [3.05, 3.63) is 12.3 Å². The van der Waals surface area contributed by atoms with Gasteiger partial charge >= 0.3 is 0 Å². The molecule has 0 aromatic carbocycles. The zero-order chi connectivity index (χ0) is 16.1. The summed E-state index contributed by atoms with van der Waals surface area (Å²) in [6.45, 7) is 1.54. The van der Waals surface area contributed by atoms with E-state index < -0.39 is 0 Å². The third kappa shape index (κ3) is 4.12. The summed E-state index contributed by atoms with van der Waals surface area (Å²) in [5.41, 5.74) is 0. The average Bonchev–Trinajstić information content (AvgIpc) is 3.20. The smallest absolute Gasteiger partial charge is 0.239 e. The zero-order valence-corrected chi connectivity index (χ0v) is 13.8. The van der Waals surface area contributed by atoms with Gasteiger partial charge in [-0.25, -0.2) is 4.68 Å². The van der Waals surface area contributed by atoms with Crippen molar-refractivity contribution < 1.29 is 9.90 Å². The van der Waals surface area contributed by atoms with E-state index in [4.69, 9.17) is 0 Å². The van der Waals surface area contributed by atoms with E-state index >= 15 is 0 Å². The maximum atomic E-state index is 12.4. The molecule has 1 amide bonds. The molecule has 1 aliphatic carbocycles. The van der Waals surface area contributed by atoms with Crippen LogP contribution in [0.4, 0.5) is 5.82 Å². The number of rotatable bonds is 6. The first-order valence-corrected chi connectivity index (χ1v) is 8.96. The molecule has 2 N–H and O–H groups in total. The van der Waals surface area contributed by atoms with Gasteiger partial charge in [0, 0.05) is 18.7 Å². The van der Waals surface area contributed by atoms with E-state index in [0.29, 0.717) is 18.6 Å². The SMILES string of the molecule is O=C(CN1CCCCC1CCO)Nc1ccnn1C1CCCC1. The second-order valence-electron chi connectivity index (χ2n) is 6.78. The molecule has 0 spiro atoms. The Morgan fingerprint density at radius 1 is 1.26 bits per heavy atom. The maximum Gasteiger partial charge on any atom is 0.239 e. The zero-order valence-electron chi connectivity index (χ0n) is 13.8. The molecule has 6 heteroatoms. The van der Waals surface area contributed by atoms with Crippen LogP contribution < -0.4 is 5.32 Å². The Kier molecular flexibility index (Phi) is 5.67. The molecule has 0 bridgehead atoms. The van der Waals surface area contributed by atoms with Gasteiger partial charge in [-0.05, 0) is 38.6 Å². The topological polar surface area (TPSA) is 70.4 Å². The first kappa shape index (κ1) is 16.5. The van der Waals surface area contributed by atoms with E-state index in [2.05, 4.69) is 15.3 Å². The molecule has 0 radical (unpaired) electrons. The Morgan fingerprint density at radius 2 is 2.04 bits per heavy atom. The monoisotopic (exact) mass is 320 g/mol. The van der Waals surface area contributed by atoms with Crippen molar-refractivity contribution in [3.8, 4) is 0 Å². The van der Waals surface area contributed by atoms with Gasteiger partial charge in [0.2, 0.25) is 5.91 Å². The third-order valence-electron chi connectivity index (χ3n) is 5.17. The molecule has 2 aliphatic rings. The highest BCUT2D eigenvalue weighted by atomic mass is 16.3. The van der Waals surface area contributed by atoms with E-state index in [1.807, 2.05) is 10.7 Å². The minimum atomic E-state index is 0.0228. The Labute approximate surface area is 137 Å². The summed E-state index contributed by atoms with van der Waals surface area (Å²) in [5, 5.41) is 16.6. The van der Waals surface area contributed by atoms with Gasteiger partial charge in [-0.15, -0.1) is 0 Å². The van der Waals surface area contributed by atoms with Crippen LogP contribution in [0.5, 0.6) is 0 Å². The lowest BCUT2D eigenvalue weighted by atomic mass is 10.00. The van der Waals surface area contributed by atoms with Gasteiger partial charge in [-0.1, -0.05) is 19.3 Å². The number of aromatic nitrogens is 2. The molecule has 1 aromatic rings. The molecule has 1 atom stereocenters. The summed E-state index contributed by atoms with van der Waals surface area (Å²) in [4.78, 5) is 14.7. The van der Waals surface area contributed by atoms with E-state index in [1.54, 1.807) is 6.20 Å². The highest BCUT2D eigenvalue weighted by Gasteiger charge is 2.25. The first-order valence-electron chi connectivity index (χ1n) is 8.96.